The Balaban J connectivity index is 1.72. The Hall–Kier alpha value is -2.64. The Morgan fingerprint density at radius 3 is 2.73 bits per heavy atom. The van der Waals surface area contributed by atoms with Crippen LogP contribution in [0.15, 0.2) is 6.33 Å². The first kappa shape index (κ1) is 23.5. The fraction of sp³-hybridized carbons (Fsp3) is 0.611. The van der Waals surface area contributed by atoms with Crippen LogP contribution >= 0.6 is 7.82 Å². The molecule has 2 aliphatic rings. The summed E-state index contributed by atoms with van der Waals surface area (Å²) < 4.78 is 40.2. The lowest BCUT2D eigenvalue weighted by Gasteiger charge is -2.29. The third kappa shape index (κ3) is 4.84. The van der Waals surface area contributed by atoms with Gasteiger partial charge in [0.25, 0.3) is 5.88 Å². The second kappa shape index (κ2) is 9.31. The van der Waals surface area contributed by atoms with Crippen molar-refractivity contribution in [3.05, 3.63) is 6.33 Å². The highest BCUT2D eigenvalue weighted by molar-refractivity contribution is 7.47. The van der Waals surface area contributed by atoms with Gasteiger partial charge in [0.05, 0.1) is 12.9 Å². The van der Waals surface area contributed by atoms with Gasteiger partial charge >= 0.3 is 19.8 Å². The summed E-state index contributed by atoms with van der Waals surface area (Å²) in [6.45, 7) is 3.39. The molecule has 0 radical (unpaired) electrons. The fourth-order valence-corrected chi connectivity index (χ4v) is 4.57. The standard InChI is InChI=1S/C18H24N5O9P/c1-3-5-10(24)30-14-13-9(7-28-33(26,27)32-13)29-17(14)23-8-20-12-15(23)21-18(19)22-16(12)31-11(25)6-4-2/h8-9,13-14,17H,3-7H2,1-2H3,(H,26,27)(H2,19,21,22)/t9-,13-,14-,17-/m1/s1. The molecule has 15 heteroatoms. The summed E-state index contributed by atoms with van der Waals surface area (Å²) >= 11 is 0. The van der Waals surface area contributed by atoms with Crippen LogP contribution in [-0.4, -0.2) is 61.3 Å². The number of nitrogen functional groups attached to an aromatic ring is 1. The number of carbonyl (C=O) groups excluding carboxylic acids is 2. The SMILES string of the molecule is CCCC(=O)Oc1nc(N)nc2c1ncn2[C@@H]1O[C@@H]2COP(=O)(O)O[C@H]2[C@H]1OC(=O)CCC. The summed E-state index contributed by atoms with van der Waals surface area (Å²) in [5.74, 6) is -1.35. The number of anilines is 1. The molecule has 2 fully saturated rings. The van der Waals surface area contributed by atoms with Crippen molar-refractivity contribution in [1.82, 2.24) is 19.5 Å². The number of phosphoric acid groups is 1. The summed E-state index contributed by atoms with van der Waals surface area (Å²) in [5, 5.41) is 0. The molecule has 4 heterocycles. The molecule has 0 bridgehead atoms. The van der Waals surface area contributed by atoms with Gasteiger partial charge in [-0.3, -0.25) is 23.2 Å². The van der Waals surface area contributed by atoms with E-state index in [0.717, 1.165) is 0 Å². The topological polar surface area (TPSA) is 187 Å². The smallest absolute Gasteiger partial charge is 0.455 e. The third-order valence-corrected chi connectivity index (χ3v) is 5.99. The van der Waals surface area contributed by atoms with Gasteiger partial charge in [-0.05, 0) is 12.8 Å². The minimum atomic E-state index is -4.34. The first-order chi connectivity index (χ1) is 15.7. The molecule has 0 amide bonds. The van der Waals surface area contributed by atoms with Crippen LogP contribution < -0.4 is 10.5 Å². The first-order valence-corrected chi connectivity index (χ1v) is 11.9. The van der Waals surface area contributed by atoms with Crippen molar-refractivity contribution < 1.29 is 42.3 Å². The fourth-order valence-electron chi connectivity index (χ4n) is 3.61. The van der Waals surface area contributed by atoms with Crippen LogP contribution in [0, 0.1) is 0 Å². The molecular weight excluding hydrogens is 461 g/mol. The van der Waals surface area contributed by atoms with E-state index < -0.39 is 44.3 Å². The van der Waals surface area contributed by atoms with E-state index in [2.05, 4.69) is 15.0 Å². The van der Waals surface area contributed by atoms with Crippen molar-refractivity contribution in [2.45, 2.75) is 64.1 Å². The molecule has 2 aromatic rings. The molecular formula is C18H24N5O9P. The zero-order valence-electron chi connectivity index (χ0n) is 17.9. The van der Waals surface area contributed by atoms with Crippen molar-refractivity contribution in [1.29, 1.82) is 0 Å². The molecule has 0 aliphatic carbocycles. The third-order valence-electron chi connectivity index (χ3n) is 5.01. The van der Waals surface area contributed by atoms with Gasteiger partial charge in [-0.15, -0.1) is 0 Å². The van der Waals surface area contributed by atoms with Crippen molar-refractivity contribution in [2.75, 3.05) is 12.3 Å². The number of aromatic nitrogens is 4. The number of hydrogen-bond acceptors (Lipinski definition) is 12. The van der Waals surface area contributed by atoms with Gasteiger partial charge < -0.3 is 24.8 Å². The molecule has 3 N–H and O–H groups in total. The van der Waals surface area contributed by atoms with E-state index in [4.69, 9.17) is 29.0 Å². The largest absolute Gasteiger partial charge is 0.472 e. The summed E-state index contributed by atoms with van der Waals surface area (Å²) in [7, 11) is -4.34. The van der Waals surface area contributed by atoms with Crippen LogP contribution in [-0.2, 0) is 32.7 Å². The predicted octanol–water partition coefficient (Wildman–Crippen LogP) is 1.24. The zero-order chi connectivity index (χ0) is 23.8. The van der Waals surface area contributed by atoms with Gasteiger partial charge in [-0.25, -0.2) is 9.55 Å². The van der Waals surface area contributed by atoms with Gasteiger partial charge in [0.2, 0.25) is 5.95 Å². The molecule has 1 unspecified atom stereocenters. The second-order valence-corrected chi connectivity index (χ2v) is 8.95. The number of esters is 2. The lowest BCUT2D eigenvalue weighted by Crippen LogP contribution is -2.41. The molecule has 0 saturated carbocycles. The van der Waals surface area contributed by atoms with E-state index in [1.165, 1.54) is 10.9 Å². The number of imidazole rings is 1. The van der Waals surface area contributed by atoms with Crippen molar-refractivity contribution >= 4 is 36.9 Å². The zero-order valence-corrected chi connectivity index (χ0v) is 18.8. The summed E-state index contributed by atoms with van der Waals surface area (Å²) in [4.78, 5) is 46.4. The van der Waals surface area contributed by atoms with Gasteiger partial charge in [-0.2, -0.15) is 9.97 Å². The number of ether oxygens (including phenoxy) is 3. The van der Waals surface area contributed by atoms with E-state index in [1.54, 1.807) is 0 Å². The van der Waals surface area contributed by atoms with E-state index in [9.17, 15) is 19.0 Å². The van der Waals surface area contributed by atoms with Gasteiger partial charge in [-0.1, -0.05) is 13.8 Å². The minimum Gasteiger partial charge on any atom is -0.455 e. The average Bonchev–Trinajstić information content (AvgIpc) is 3.29. The summed E-state index contributed by atoms with van der Waals surface area (Å²) in [6, 6.07) is 0. The molecule has 5 atom stereocenters. The molecule has 33 heavy (non-hydrogen) atoms. The molecule has 4 rings (SSSR count). The highest BCUT2D eigenvalue weighted by Gasteiger charge is 2.55. The Morgan fingerprint density at radius 2 is 2.00 bits per heavy atom. The van der Waals surface area contributed by atoms with Crippen LogP contribution in [0.25, 0.3) is 11.2 Å². The van der Waals surface area contributed by atoms with E-state index in [1.807, 2.05) is 13.8 Å². The van der Waals surface area contributed by atoms with Crippen LogP contribution in [0.5, 0.6) is 5.88 Å². The number of phosphoric ester groups is 1. The molecule has 2 aromatic heterocycles. The molecule has 0 aromatic carbocycles. The predicted molar refractivity (Wildman–Crippen MR) is 110 cm³/mol. The van der Waals surface area contributed by atoms with Crippen LogP contribution in [0.3, 0.4) is 0 Å². The number of nitrogens with two attached hydrogens (primary N) is 1. The Morgan fingerprint density at radius 1 is 1.27 bits per heavy atom. The second-order valence-electron chi connectivity index (χ2n) is 7.54. The summed E-state index contributed by atoms with van der Waals surface area (Å²) in [6.07, 6.45) is -1.27. The normalized spacial score (nSPS) is 29.1. The highest BCUT2D eigenvalue weighted by atomic mass is 31.2. The van der Waals surface area contributed by atoms with Gasteiger partial charge in [0, 0.05) is 12.8 Å². The maximum Gasteiger partial charge on any atom is 0.472 e. The van der Waals surface area contributed by atoms with Crippen LogP contribution in [0.4, 0.5) is 5.95 Å². The van der Waals surface area contributed by atoms with E-state index in [-0.39, 0.29) is 42.4 Å². The Bertz CT molecular complexity index is 1110. The highest BCUT2D eigenvalue weighted by Crippen LogP contribution is 2.53. The number of fused-ring (bicyclic) bond motifs is 2. The first-order valence-electron chi connectivity index (χ1n) is 10.4. The van der Waals surface area contributed by atoms with Gasteiger partial charge in [0.1, 0.15) is 12.2 Å². The molecule has 2 saturated heterocycles. The average molecular weight is 485 g/mol. The van der Waals surface area contributed by atoms with E-state index in [0.29, 0.717) is 12.8 Å². The van der Waals surface area contributed by atoms with Crippen molar-refractivity contribution in [3.8, 4) is 5.88 Å². The maximum atomic E-state index is 12.3. The lowest BCUT2D eigenvalue weighted by atomic mass is 10.1. The van der Waals surface area contributed by atoms with Crippen molar-refractivity contribution in [3.63, 3.8) is 0 Å². The number of carbonyl (C=O) groups is 2. The molecule has 180 valence electrons. The molecule has 0 spiro atoms. The Labute approximate surface area is 187 Å². The molecule has 14 nitrogen and oxygen atoms in total. The van der Waals surface area contributed by atoms with Crippen LogP contribution in [0.1, 0.15) is 45.8 Å². The Kier molecular flexibility index (Phi) is 6.64. The maximum absolute atomic E-state index is 12.3. The number of nitrogens with zero attached hydrogens (tertiary/aromatic N) is 4. The minimum absolute atomic E-state index is 0.121. The summed E-state index contributed by atoms with van der Waals surface area (Å²) in [5.41, 5.74) is 6.10. The number of rotatable bonds is 7. The quantitative estimate of drug-likeness (QED) is 0.421. The van der Waals surface area contributed by atoms with Crippen molar-refractivity contribution in [2.24, 2.45) is 0 Å². The number of hydrogen-bond donors (Lipinski definition) is 2. The molecule has 2 aliphatic heterocycles. The van der Waals surface area contributed by atoms with Crippen LogP contribution in [0.2, 0.25) is 0 Å². The van der Waals surface area contributed by atoms with Gasteiger partial charge in [0.15, 0.2) is 23.5 Å². The lowest BCUT2D eigenvalue weighted by molar-refractivity contribution is -0.158. The van der Waals surface area contributed by atoms with E-state index >= 15 is 0 Å². The monoisotopic (exact) mass is 485 g/mol.